The largest absolute Gasteiger partial charge is 0.325 e. The third kappa shape index (κ3) is 2.14. The predicted octanol–water partition coefficient (Wildman–Crippen LogP) is 0.873. The number of hydrogen-bond donors (Lipinski definition) is 2. The molecule has 0 aliphatic carbocycles. The summed E-state index contributed by atoms with van der Waals surface area (Å²) in [5.41, 5.74) is 0.0458. The van der Waals surface area contributed by atoms with Gasteiger partial charge in [-0.1, -0.05) is 12.2 Å². The second kappa shape index (κ2) is 4.72. The molecule has 0 aromatic heterocycles. The summed E-state index contributed by atoms with van der Waals surface area (Å²) in [5.74, 6) is 0.0435. The van der Waals surface area contributed by atoms with Crippen molar-refractivity contribution in [1.82, 2.24) is 15.5 Å². The van der Waals surface area contributed by atoms with Crippen LogP contribution < -0.4 is 10.6 Å². The Morgan fingerprint density at radius 1 is 1.56 bits per heavy atom. The van der Waals surface area contributed by atoms with Gasteiger partial charge in [0.15, 0.2) is 0 Å². The summed E-state index contributed by atoms with van der Waals surface area (Å²) in [6.45, 7) is 9.49. The Morgan fingerprint density at radius 2 is 2.28 bits per heavy atom. The first-order valence-corrected chi connectivity index (χ1v) is 6.44. The number of amides is 3. The van der Waals surface area contributed by atoms with Gasteiger partial charge in [-0.25, -0.2) is 4.79 Å². The number of rotatable bonds is 3. The molecule has 18 heavy (non-hydrogen) atoms. The molecule has 0 radical (unpaired) electrons. The molecule has 2 heterocycles. The van der Waals surface area contributed by atoms with Crippen molar-refractivity contribution in [1.29, 1.82) is 0 Å². The Balaban J connectivity index is 2.16. The highest BCUT2D eigenvalue weighted by Crippen LogP contribution is 2.30. The minimum atomic E-state index is -0.764. The summed E-state index contributed by atoms with van der Waals surface area (Å²) in [6, 6.07) is -0.295. The van der Waals surface area contributed by atoms with Crippen LogP contribution in [0.4, 0.5) is 4.79 Å². The van der Waals surface area contributed by atoms with Crippen molar-refractivity contribution >= 4 is 11.9 Å². The lowest BCUT2D eigenvalue weighted by Gasteiger charge is -2.34. The van der Waals surface area contributed by atoms with Crippen LogP contribution in [0.2, 0.25) is 0 Å². The molecule has 2 aliphatic heterocycles. The van der Waals surface area contributed by atoms with Gasteiger partial charge in [-0.2, -0.15) is 0 Å². The fourth-order valence-electron chi connectivity index (χ4n) is 2.75. The predicted molar refractivity (Wildman–Crippen MR) is 69.1 cm³/mol. The highest BCUT2D eigenvalue weighted by Gasteiger charge is 2.52. The first-order valence-electron chi connectivity index (χ1n) is 6.44. The van der Waals surface area contributed by atoms with Crippen molar-refractivity contribution < 1.29 is 9.59 Å². The molecule has 2 atom stereocenters. The minimum absolute atomic E-state index is 0.121. The molecule has 2 rings (SSSR count). The molecule has 5 nitrogen and oxygen atoms in total. The zero-order valence-electron chi connectivity index (χ0n) is 11.1. The van der Waals surface area contributed by atoms with E-state index in [0.717, 1.165) is 31.5 Å². The Labute approximate surface area is 108 Å². The van der Waals surface area contributed by atoms with E-state index in [1.54, 1.807) is 0 Å². The number of carbonyl (C=O) groups is 2. The van der Waals surface area contributed by atoms with E-state index in [0.29, 0.717) is 6.54 Å². The monoisotopic (exact) mass is 251 g/mol. The standard InChI is InChI=1S/C13H21N3O2/c1-9(2)8-16-11(17)13(3,15-12(16)18)10-5-4-6-14-7-10/h10,14H,1,4-8H2,2-3H3,(H,15,18). The van der Waals surface area contributed by atoms with Crippen molar-refractivity contribution in [3.63, 3.8) is 0 Å². The quantitative estimate of drug-likeness (QED) is 0.578. The number of hydrogen-bond acceptors (Lipinski definition) is 3. The van der Waals surface area contributed by atoms with E-state index >= 15 is 0 Å². The topological polar surface area (TPSA) is 61.4 Å². The molecule has 2 saturated heterocycles. The summed E-state index contributed by atoms with van der Waals surface area (Å²) in [6.07, 6.45) is 2.01. The number of nitrogens with one attached hydrogen (secondary N) is 2. The second-order valence-electron chi connectivity index (χ2n) is 5.52. The molecule has 0 aromatic rings. The summed E-state index contributed by atoms with van der Waals surface area (Å²) < 4.78 is 0. The summed E-state index contributed by atoms with van der Waals surface area (Å²) in [5, 5.41) is 6.15. The lowest BCUT2D eigenvalue weighted by molar-refractivity contribution is -0.132. The maximum absolute atomic E-state index is 12.4. The van der Waals surface area contributed by atoms with Crippen LogP contribution in [0.5, 0.6) is 0 Å². The van der Waals surface area contributed by atoms with Gasteiger partial charge in [0.2, 0.25) is 0 Å². The molecule has 5 heteroatoms. The number of imide groups is 1. The van der Waals surface area contributed by atoms with Crippen LogP contribution in [0.3, 0.4) is 0 Å². The summed E-state index contributed by atoms with van der Waals surface area (Å²) in [4.78, 5) is 25.6. The van der Waals surface area contributed by atoms with Gasteiger partial charge < -0.3 is 10.6 Å². The fraction of sp³-hybridized carbons (Fsp3) is 0.692. The maximum atomic E-state index is 12.4. The lowest BCUT2D eigenvalue weighted by Crippen LogP contribution is -2.55. The second-order valence-corrected chi connectivity index (χ2v) is 5.52. The average Bonchev–Trinajstić information content (AvgIpc) is 2.55. The van der Waals surface area contributed by atoms with Gasteiger partial charge in [0.05, 0.1) is 6.54 Å². The van der Waals surface area contributed by atoms with E-state index in [1.807, 2.05) is 13.8 Å². The molecule has 0 aromatic carbocycles. The lowest BCUT2D eigenvalue weighted by atomic mass is 9.80. The van der Waals surface area contributed by atoms with E-state index in [9.17, 15) is 9.59 Å². The average molecular weight is 251 g/mol. The van der Waals surface area contributed by atoms with Crippen LogP contribution in [0.25, 0.3) is 0 Å². The molecule has 0 saturated carbocycles. The first-order chi connectivity index (χ1) is 8.45. The smallest absolute Gasteiger partial charge is 0.323 e. The van der Waals surface area contributed by atoms with Crippen LogP contribution in [-0.4, -0.2) is 42.0 Å². The van der Waals surface area contributed by atoms with Crippen molar-refractivity contribution in [2.75, 3.05) is 19.6 Å². The highest BCUT2D eigenvalue weighted by atomic mass is 16.2. The normalized spacial score (nSPS) is 32.6. The number of nitrogens with zero attached hydrogens (tertiary/aromatic N) is 1. The van der Waals surface area contributed by atoms with E-state index in [1.165, 1.54) is 4.90 Å². The zero-order chi connectivity index (χ0) is 13.3. The van der Waals surface area contributed by atoms with Gasteiger partial charge in [-0.15, -0.1) is 0 Å². The van der Waals surface area contributed by atoms with E-state index in [4.69, 9.17) is 0 Å². The fourth-order valence-corrected chi connectivity index (χ4v) is 2.75. The molecule has 3 amide bonds. The van der Waals surface area contributed by atoms with Crippen LogP contribution in [-0.2, 0) is 4.79 Å². The zero-order valence-corrected chi connectivity index (χ0v) is 11.1. The van der Waals surface area contributed by atoms with Gasteiger partial charge in [-0.05, 0) is 33.2 Å². The summed E-state index contributed by atoms with van der Waals surface area (Å²) in [7, 11) is 0. The van der Waals surface area contributed by atoms with Gasteiger partial charge in [0.25, 0.3) is 5.91 Å². The van der Waals surface area contributed by atoms with Crippen LogP contribution >= 0.6 is 0 Å². The summed E-state index contributed by atoms with van der Waals surface area (Å²) >= 11 is 0. The Morgan fingerprint density at radius 3 is 2.83 bits per heavy atom. The minimum Gasteiger partial charge on any atom is -0.323 e. The van der Waals surface area contributed by atoms with Gasteiger partial charge >= 0.3 is 6.03 Å². The van der Waals surface area contributed by atoms with Crippen LogP contribution in [0.15, 0.2) is 12.2 Å². The maximum Gasteiger partial charge on any atom is 0.325 e. The first kappa shape index (κ1) is 13.1. The number of urea groups is 1. The van der Waals surface area contributed by atoms with Crippen molar-refractivity contribution in [2.24, 2.45) is 5.92 Å². The van der Waals surface area contributed by atoms with Crippen molar-refractivity contribution in [3.05, 3.63) is 12.2 Å². The van der Waals surface area contributed by atoms with Gasteiger partial charge in [-0.3, -0.25) is 9.69 Å². The van der Waals surface area contributed by atoms with E-state index < -0.39 is 5.54 Å². The molecule has 0 spiro atoms. The van der Waals surface area contributed by atoms with Crippen LogP contribution in [0.1, 0.15) is 26.7 Å². The molecular weight excluding hydrogens is 230 g/mol. The number of carbonyl (C=O) groups excluding carboxylic acids is 2. The SMILES string of the molecule is C=C(C)CN1C(=O)NC(C)(C2CCCNC2)C1=O. The van der Waals surface area contributed by atoms with E-state index in [-0.39, 0.29) is 17.9 Å². The molecule has 2 aliphatic rings. The molecular formula is C13H21N3O2. The third-order valence-corrected chi connectivity index (χ3v) is 3.84. The Hall–Kier alpha value is -1.36. The molecule has 100 valence electrons. The molecule has 2 N–H and O–H groups in total. The van der Waals surface area contributed by atoms with Crippen LogP contribution in [0, 0.1) is 5.92 Å². The van der Waals surface area contributed by atoms with E-state index in [2.05, 4.69) is 17.2 Å². The van der Waals surface area contributed by atoms with Gasteiger partial charge in [0, 0.05) is 12.5 Å². The highest BCUT2D eigenvalue weighted by molar-refractivity contribution is 6.07. The molecule has 2 fully saturated rings. The Bertz CT molecular complexity index is 388. The Kier molecular flexibility index (Phi) is 3.43. The number of piperidine rings is 1. The molecule has 2 unspecified atom stereocenters. The van der Waals surface area contributed by atoms with Crippen molar-refractivity contribution in [3.8, 4) is 0 Å². The molecule has 0 bridgehead atoms. The third-order valence-electron chi connectivity index (χ3n) is 3.84. The van der Waals surface area contributed by atoms with Gasteiger partial charge in [0.1, 0.15) is 5.54 Å². The van der Waals surface area contributed by atoms with Crippen molar-refractivity contribution in [2.45, 2.75) is 32.2 Å².